The van der Waals surface area contributed by atoms with E-state index in [-0.39, 0.29) is 12.7 Å². The molecule has 1 aromatic heterocycles. The van der Waals surface area contributed by atoms with Crippen molar-refractivity contribution in [2.45, 2.75) is 17.3 Å². The number of rotatable bonds is 7. The maximum Gasteiger partial charge on any atom is 0.237 e. The number of ether oxygens (including phenoxy) is 4. The quantitative estimate of drug-likeness (QED) is 0.567. The van der Waals surface area contributed by atoms with E-state index in [0.29, 0.717) is 39.5 Å². The minimum Gasteiger partial charge on any atom is -0.497 e. The van der Waals surface area contributed by atoms with Crippen molar-refractivity contribution in [3.63, 3.8) is 0 Å². The summed E-state index contributed by atoms with van der Waals surface area (Å²) in [6, 6.07) is 10.5. The smallest absolute Gasteiger partial charge is 0.237 e. The number of carbonyl (C=O) groups is 1. The molecule has 1 atom stereocenters. The molecule has 0 saturated carbocycles. The lowest BCUT2D eigenvalue weighted by Gasteiger charge is -2.14. The van der Waals surface area contributed by atoms with Gasteiger partial charge >= 0.3 is 0 Å². The van der Waals surface area contributed by atoms with Crippen molar-refractivity contribution in [3.05, 3.63) is 36.4 Å². The second-order valence-electron chi connectivity index (χ2n) is 6.23. The summed E-state index contributed by atoms with van der Waals surface area (Å²) in [5.41, 5.74) is 1.22. The van der Waals surface area contributed by atoms with E-state index in [0.717, 1.165) is 0 Å². The molecule has 156 valence electrons. The molecule has 1 unspecified atom stereocenters. The molecule has 1 N–H and O–H groups in total. The molecule has 0 aliphatic carbocycles. The SMILES string of the molecule is COc1ccc(OC)c(-n2nnnc2SC(C)C(=O)Nc2ccc3c(c2)OCO3)c1. The van der Waals surface area contributed by atoms with Crippen LogP contribution in [0.2, 0.25) is 0 Å². The Balaban J connectivity index is 1.50. The zero-order valence-electron chi connectivity index (χ0n) is 16.5. The number of hydrogen-bond acceptors (Lipinski definition) is 9. The minimum absolute atomic E-state index is 0.176. The molecule has 3 aromatic rings. The maximum absolute atomic E-state index is 12.7. The van der Waals surface area contributed by atoms with E-state index in [1.807, 2.05) is 0 Å². The minimum atomic E-state index is -0.475. The number of benzene rings is 2. The van der Waals surface area contributed by atoms with Gasteiger partial charge in [0.15, 0.2) is 11.5 Å². The lowest BCUT2D eigenvalue weighted by Crippen LogP contribution is -2.23. The number of anilines is 1. The van der Waals surface area contributed by atoms with E-state index in [2.05, 4.69) is 20.8 Å². The summed E-state index contributed by atoms with van der Waals surface area (Å²) >= 11 is 1.22. The second-order valence-corrected chi connectivity index (χ2v) is 7.54. The third-order valence-corrected chi connectivity index (χ3v) is 5.38. The van der Waals surface area contributed by atoms with Gasteiger partial charge in [-0.25, -0.2) is 0 Å². The fourth-order valence-electron chi connectivity index (χ4n) is 2.80. The van der Waals surface area contributed by atoms with Gasteiger partial charge in [-0.1, -0.05) is 11.8 Å². The first kappa shape index (κ1) is 19.8. The van der Waals surface area contributed by atoms with Gasteiger partial charge in [-0.3, -0.25) is 4.79 Å². The van der Waals surface area contributed by atoms with E-state index in [1.54, 1.807) is 57.5 Å². The van der Waals surface area contributed by atoms with Crippen molar-refractivity contribution in [1.82, 2.24) is 20.2 Å². The van der Waals surface area contributed by atoms with Crippen LogP contribution >= 0.6 is 11.8 Å². The molecule has 10 nitrogen and oxygen atoms in total. The topological polar surface area (TPSA) is 110 Å². The highest BCUT2D eigenvalue weighted by molar-refractivity contribution is 8.00. The predicted molar refractivity (Wildman–Crippen MR) is 109 cm³/mol. The van der Waals surface area contributed by atoms with Gasteiger partial charge < -0.3 is 24.3 Å². The van der Waals surface area contributed by atoms with E-state index < -0.39 is 5.25 Å². The number of nitrogens with zero attached hydrogens (tertiary/aromatic N) is 4. The summed E-state index contributed by atoms with van der Waals surface area (Å²) in [5.74, 6) is 2.25. The zero-order valence-corrected chi connectivity index (χ0v) is 17.3. The van der Waals surface area contributed by atoms with Gasteiger partial charge in [0.25, 0.3) is 0 Å². The van der Waals surface area contributed by atoms with Gasteiger partial charge in [-0.15, -0.1) is 5.10 Å². The van der Waals surface area contributed by atoms with Crippen LogP contribution in [-0.2, 0) is 4.79 Å². The van der Waals surface area contributed by atoms with E-state index in [9.17, 15) is 4.79 Å². The summed E-state index contributed by atoms with van der Waals surface area (Å²) < 4.78 is 22.8. The standard InChI is InChI=1S/C19H19N5O5S/c1-11(18(25)20-12-4-6-16-17(8-12)29-10-28-16)30-19-21-22-23-24(19)14-9-13(26-2)5-7-15(14)27-3/h4-9,11H,10H2,1-3H3,(H,20,25). The summed E-state index contributed by atoms with van der Waals surface area (Å²) in [7, 11) is 3.13. The van der Waals surface area contributed by atoms with Gasteiger partial charge in [0.05, 0.1) is 19.5 Å². The Morgan fingerprint density at radius 1 is 1.17 bits per heavy atom. The lowest BCUT2D eigenvalue weighted by molar-refractivity contribution is -0.115. The lowest BCUT2D eigenvalue weighted by atomic mass is 10.2. The van der Waals surface area contributed by atoms with Crippen molar-refractivity contribution in [2.75, 3.05) is 26.3 Å². The Morgan fingerprint density at radius 3 is 2.80 bits per heavy atom. The second kappa shape index (κ2) is 8.49. The number of hydrogen-bond donors (Lipinski definition) is 1. The molecule has 0 fully saturated rings. The summed E-state index contributed by atoms with van der Waals surface area (Å²) in [6.07, 6.45) is 0. The number of thioether (sulfide) groups is 1. The average Bonchev–Trinajstić information content (AvgIpc) is 3.42. The van der Waals surface area contributed by atoms with Gasteiger partial charge in [-0.05, 0) is 41.6 Å². The Bertz CT molecular complexity index is 1070. The molecule has 1 aliphatic heterocycles. The van der Waals surface area contributed by atoms with Crippen LogP contribution in [-0.4, -0.2) is 52.4 Å². The molecule has 1 amide bonds. The first-order valence-corrected chi connectivity index (χ1v) is 9.85. The first-order valence-electron chi connectivity index (χ1n) is 8.97. The zero-order chi connectivity index (χ0) is 21.1. The highest BCUT2D eigenvalue weighted by Gasteiger charge is 2.22. The van der Waals surface area contributed by atoms with Crippen molar-refractivity contribution in [2.24, 2.45) is 0 Å². The summed E-state index contributed by atoms with van der Waals surface area (Å²) in [5, 5.41) is 14.7. The van der Waals surface area contributed by atoms with Gasteiger partial charge in [-0.2, -0.15) is 4.68 Å². The monoisotopic (exact) mass is 429 g/mol. The average molecular weight is 429 g/mol. The number of methoxy groups -OCH3 is 2. The molecule has 0 spiro atoms. The molecule has 0 saturated heterocycles. The molecule has 0 radical (unpaired) electrons. The van der Waals surface area contributed by atoms with Crippen molar-refractivity contribution < 1.29 is 23.7 Å². The first-order chi connectivity index (χ1) is 14.6. The van der Waals surface area contributed by atoms with Crippen molar-refractivity contribution in [1.29, 1.82) is 0 Å². The fourth-order valence-corrected chi connectivity index (χ4v) is 3.60. The normalized spacial score (nSPS) is 13.0. The summed E-state index contributed by atoms with van der Waals surface area (Å²) in [6.45, 7) is 1.95. The molecular weight excluding hydrogens is 410 g/mol. The number of nitrogens with one attached hydrogen (secondary N) is 1. The van der Waals surface area contributed by atoms with Crippen LogP contribution in [0.1, 0.15) is 6.92 Å². The molecule has 4 rings (SSSR count). The number of fused-ring (bicyclic) bond motifs is 1. The molecule has 11 heteroatoms. The Labute approximate surface area is 176 Å². The molecule has 2 heterocycles. The van der Waals surface area contributed by atoms with Crippen LogP contribution in [0.5, 0.6) is 23.0 Å². The molecular formula is C19H19N5O5S. The van der Waals surface area contributed by atoms with Crippen LogP contribution in [0, 0.1) is 0 Å². The van der Waals surface area contributed by atoms with Gasteiger partial charge in [0.1, 0.15) is 17.2 Å². The van der Waals surface area contributed by atoms with Crippen LogP contribution < -0.4 is 24.3 Å². The van der Waals surface area contributed by atoms with E-state index in [1.165, 1.54) is 16.4 Å². The van der Waals surface area contributed by atoms with Gasteiger partial charge in [0.2, 0.25) is 17.9 Å². The molecule has 30 heavy (non-hydrogen) atoms. The maximum atomic E-state index is 12.7. The Morgan fingerprint density at radius 2 is 2.00 bits per heavy atom. The van der Waals surface area contributed by atoms with Crippen molar-refractivity contribution >= 4 is 23.4 Å². The number of tetrazole rings is 1. The van der Waals surface area contributed by atoms with Crippen LogP contribution in [0.4, 0.5) is 5.69 Å². The number of aromatic nitrogens is 4. The van der Waals surface area contributed by atoms with E-state index in [4.69, 9.17) is 18.9 Å². The Kier molecular flexibility index (Phi) is 5.61. The third kappa shape index (κ3) is 3.96. The van der Waals surface area contributed by atoms with Crippen molar-refractivity contribution in [3.8, 4) is 28.7 Å². The van der Waals surface area contributed by atoms with Crippen LogP contribution in [0.3, 0.4) is 0 Å². The fraction of sp³-hybridized carbons (Fsp3) is 0.263. The largest absolute Gasteiger partial charge is 0.497 e. The van der Waals surface area contributed by atoms with E-state index >= 15 is 0 Å². The number of amides is 1. The van der Waals surface area contributed by atoms with Crippen LogP contribution in [0.25, 0.3) is 5.69 Å². The molecule has 1 aliphatic rings. The van der Waals surface area contributed by atoms with Crippen LogP contribution in [0.15, 0.2) is 41.6 Å². The Hall–Kier alpha value is -3.47. The highest BCUT2D eigenvalue weighted by atomic mass is 32.2. The number of carbonyl (C=O) groups excluding carboxylic acids is 1. The molecule has 0 bridgehead atoms. The highest BCUT2D eigenvalue weighted by Crippen LogP contribution is 2.35. The predicted octanol–water partition coefficient (Wildman–Crippen LogP) is 2.53. The van der Waals surface area contributed by atoms with Gasteiger partial charge in [0, 0.05) is 17.8 Å². The molecule has 2 aromatic carbocycles. The third-order valence-electron chi connectivity index (χ3n) is 4.35. The summed E-state index contributed by atoms with van der Waals surface area (Å²) in [4.78, 5) is 12.7.